The molecule has 1 aliphatic heterocycles. The molecule has 5 rings (SSSR count). The van der Waals surface area contributed by atoms with Crippen molar-refractivity contribution in [2.45, 2.75) is 18.4 Å². The number of carbonyl (C=O) groups is 3. The monoisotopic (exact) mass is 582 g/mol. The van der Waals surface area contributed by atoms with Crippen molar-refractivity contribution in [3.8, 4) is 5.75 Å². The fraction of sp³-hybridized carbons (Fsp3) is 0.120. The first-order chi connectivity index (χ1) is 19.4. The maximum atomic E-state index is 14.7. The van der Waals surface area contributed by atoms with Crippen molar-refractivity contribution in [3.05, 3.63) is 95.1 Å². The van der Waals surface area contributed by atoms with Crippen LogP contribution in [0, 0.1) is 5.82 Å². The van der Waals surface area contributed by atoms with Gasteiger partial charge in [-0.3, -0.25) is 14.2 Å². The lowest BCUT2D eigenvalue weighted by Gasteiger charge is -2.30. The topological polar surface area (TPSA) is 200 Å². The number of benzene rings is 2. The molecule has 3 heterocycles. The molecule has 0 bridgehead atoms. The highest BCUT2D eigenvalue weighted by Crippen LogP contribution is 2.35. The van der Waals surface area contributed by atoms with E-state index >= 15 is 0 Å². The van der Waals surface area contributed by atoms with Crippen molar-refractivity contribution < 1.29 is 47.9 Å². The van der Waals surface area contributed by atoms with E-state index in [0.29, 0.717) is 11.1 Å². The molecule has 210 valence electrons. The van der Waals surface area contributed by atoms with Gasteiger partial charge in [-0.05, 0) is 60.0 Å². The SMILES string of the molecule is O=C(O)c1cccc2c1OB(O)[C@@H](NC(=O)[C@H](NC(=O)c1ccc3cccnn13)c1ccc(P(=O)(O)O)c(F)c1)C2. The number of halogens is 1. The number of carboxylic acid groups (broad SMARTS) is 1. The molecule has 2 amide bonds. The Morgan fingerprint density at radius 2 is 1.90 bits per heavy atom. The smallest absolute Gasteiger partial charge is 0.534 e. The van der Waals surface area contributed by atoms with Crippen molar-refractivity contribution in [2.24, 2.45) is 0 Å². The zero-order valence-electron chi connectivity index (χ0n) is 20.8. The van der Waals surface area contributed by atoms with Crippen molar-refractivity contribution in [3.63, 3.8) is 0 Å². The molecule has 0 saturated heterocycles. The van der Waals surface area contributed by atoms with Gasteiger partial charge in [-0.2, -0.15) is 5.10 Å². The summed E-state index contributed by atoms with van der Waals surface area (Å²) >= 11 is 0. The Labute approximate surface area is 230 Å². The molecule has 4 aromatic rings. The Bertz CT molecular complexity index is 1740. The molecule has 6 N–H and O–H groups in total. The fourth-order valence-electron chi connectivity index (χ4n) is 4.54. The summed E-state index contributed by atoms with van der Waals surface area (Å²) < 4.78 is 33.0. The number of carboxylic acids is 1. The van der Waals surface area contributed by atoms with E-state index in [0.717, 1.165) is 18.2 Å². The third-order valence-corrected chi connectivity index (χ3v) is 7.48. The maximum absolute atomic E-state index is 14.7. The van der Waals surface area contributed by atoms with E-state index in [2.05, 4.69) is 15.7 Å². The number of nitrogens with zero attached hydrogens (tertiary/aromatic N) is 2. The molecule has 0 aliphatic carbocycles. The third-order valence-electron chi connectivity index (χ3n) is 6.49. The van der Waals surface area contributed by atoms with E-state index in [1.165, 1.54) is 28.9 Å². The summed E-state index contributed by atoms with van der Waals surface area (Å²) in [5.74, 6) is -5.42. The minimum Gasteiger partial charge on any atom is -0.534 e. The first-order valence-electron chi connectivity index (χ1n) is 12.0. The average Bonchev–Trinajstić information content (AvgIpc) is 3.35. The highest BCUT2D eigenvalue weighted by molar-refractivity contribution is 7.60. The molecule has 0 unspecified atom stereocenters. The van der Waals surface area contributed by atoms with Gasteiger partial charge in [0, 0.05) is 6.20 Å². The Morgan fingerprint density at radius 1 is 1.12 bits per heavy atom. The van der Waals surface area contributed by atoms with Crippen LogP contribution in [0.25, 0.3) is 5.52 Å². The first kappa shape index (κ1) is 28.0. The lowest BCUT2D eigenvalue weighted by Crippen LogP contribution is -2.55. The predicted molar refractivity (Wildman–Crippen MR) is 141 cm³/mol. The molecule has 0 fully saturated rings. The van der Waals surface area contributed by atoms with Crippen LogP contribution >= 0.6 is 7.60 Å². The third kappa shape index (κ3) is 5.56. The highest BCUT2D eigenvalue weighted by atomic mass is 31.2. The van der Waals surface area contributed by atoms with Gasteiger partial charge in [0.1, 0.15) is 23.3 Å². The van der Waals surface area contributed by atoms with Crippen LogP contribution in [0.15, 0.2) is 66.9 Å². The summed E-state index contributed by atoms with van der Waals surface area (Å²) in [5, 5.41) is 28.2. The molecule has 2 aromatic heterocycles. The highest BCUT2D eigenvalue weighted by Gasteiger charge is 2.39. The van der Waals surface area contributed by atoms with Gasteiger partial charge in [-0.15, -0.1) is 0 Å². The van der Waals surface area contributed by atoms with Crippen LogP contribution < -0.4 is 20.6 Å². The number of para-hydroxylation sites is 1. The first-order valence-corrected chi connectivity index (χ1v) is 13.6. The summed E-state index contributed by atoms with van der Waals surface area (Å²) in [6.45, 7) is 0. The van der Waals surface area contributed by atoms with E-state index < -0.39 is 55.6 Å². The zero-order valence-corrected chi connectivity index (χ0v) is 21.7. The molecule has 0 radical (unpaired) electrons. The van der Waals surface area contributed by atoms with Crippen LogP contribution in [0.1, 0.15) is 38.0 Å². The molecule has 0 saturated carbocycles. The van der Waals surface area contributed by atoms with Gasteiger partial charge in [-0.1, -0.05) is 18.2 Å². The Kier molecular flexibility index (Phi) is 7.36. The van der Waals surface area contributed by atoms with Crippen LogP contribution in [0.5, 0.6) is 5.75 Å². The number of nitrogens with one attached hydrogen (secondary N) is 2. The second-order valence-corrected chi connectivity index (χ2v) is 10.7. The molecular formula is C25H21BFN4O9P. The van der Waals surface area contributed by atoms with Crippen molar-refractivity contribution >= 4 is 43.3 Å². The zero-order chi connectivity index (χ0) is 29.5. The summed E-state index contributed by atoms with van der Waals surface area (Å²) in [5.41, 5.74) is 0.688. The van der Waals surface area contributed by atoms with Gasteiger partial charge < -0.3 is 35.2 Å². The normalized spacial score (nSPS) is 15.5. The summed E-state index contributed by atoms with van der Waals surface area (Å²) in [6.07, 6.45) is 1.41. The molecule has 16 heteroatoms. The molecule has 2 aromatic carbocycles. The van der Waals surface area contributed by atoms with E-state index in [1.54, 1.807) is 24.3 Å². The fourth-order valence-corrected chi connectivity index (χ4v) is 5.16. The number of hydrogen-bond donors (Lipinski definition) is 6. The summed E-state index contributed by atoms with van der Waals surface area (Å²) in [4.78, 5) is 57.1. The maximum Gasteiger partial charge on any atom is 0.547 e. The molecule has 13 nitrogen and oxygen atoms in total. The molecule has 1 aliphatic rings. The van der Waals surface area contributed by atoms with Crippen molar-refractivity contribution in [1.82, 2.24) is 20.2 Å². The minimum absolute atomic E-state index is 0.0389. The molecule has 0 spiro atoms. The lowest BCUT2D eigenvalue weighted by molar-refractivity contribution is -0.123. The molecule has 41 heavy (non-hydrogen) atoms. The van der Waals surface area contributed by atoms with Crippen molar-refractivity contribution in [2.75, 3.05) is 0 Å². The summed E-state index contributed by atoms with van der Waals surface area (Å²) in [6, 6.07) is 11.8. The molecular weight excluding hydrogens is 561 g/mol. The number of carbonyl (C=O) groups excluding carboxylic acids is 2. The Morgan fingerprint density at radius 3 is 2.61 bits per heavy atom. The number of fused-ring (bicyclic) bond motifs is 2. The molecule has 2 atom stereocenters. The van der Waals surface area contributed by atoms with Gasteiger partial charge in [-0.25, -0.2) is 13.7 Å². The second kappa shape index (κ2) is 10.8. The van der Waals surface area contributed by atoms with Gasteiger partial charge in [0.2, 0.25) is 5.91 Å². The number of amides is 2. The van der Waals surface area contributed by atoms with Crippen LogP contribution in [0.4, 0.5) is 4.39 Å². The van der Waals surface area contributed by atoms with Gasteiger partial charge in [0.25, 0.3) is 5.91 Å². The van der Waals surface area contributed by atoms with Gasteiger partial charge in [0.15, 0.2) is 0 Å². The van der Waals surface area contributed by atoms with E-state index in [-0.39, 0.29) is 29.0 Å². The number of aromatic carboxylic acids is 1. The second-order valence-electron chi connectivity index (χ2n) is 9.17. The largest absolute Gasteiger partial charge is 0.547 e. The summed E-state index contributed by atoms with van der Waals surface area (Å²) in [7, 11) is -6.64. The standard InChI is InChI=1S/C25H21BFN4O9P/c27-17-11-13(6-9-19(17)41(37,38)39)21(30-23(32)18-8-7-15-4-2-10-28-31(15)18)24(33)29-20-12-14-3-1-5-16(25(34)35)22(14)40-26(20)36/h1-11,20-21,36H,12H2,(H,29,33)(H,30,32)(H,34,35)(H2,37,38,39)/t20-,21+/m0/s1. The van der Waals surface area contributed by atoms with Gasteiger partial charge >= 0.3 is 20.7 Å². The van der Waals surface area contributed by atoms with Crippen LogP contribution in [0.2, 0.25) is 0 Å². The number of rotatable bonds is 7. The van der Waals surface area contributed by atoms with E-state index in [4.69, 9.17) is 4.65 Å². The van der Waals surface area contributed by atoms with Crippen LogP contribution in [0.3, 0.4) is 0 Å². The van der Waals surface area contributed by atoms with Crippen LogP contribution in [-0.2, 0) is 15.8 Å². The predicted octanol–water partition coefficient (Wildman–Crippen LogP) is 0.585. The van der Waals surface area contributed by atoms with Crippen molar-refractivity contribution in [1.29, 1.82) is 0 Å². The minimum atomic E-state index is -4.97. The van der Waals surface area contributed by atoms with Gasteiger partial charge in [0.05, 0.1) is 22.3 Å². The lowest BCUT2D eigenvalue weighted by atomic mass is 9.72. The van der Waals surface area contributed by atoms with E-state index in [1.807, 2.05) is 0 Å². The quantitative estimate of drug-likeness (QED) is 0.132. The average molecular weight is 582 g/mol. The van der Waals surface area contributed by atoms with E-state index in [9.17, 15) is 43.3 Å². The Hall–Kier alpha value is -4.56. The number of hydrogen-bond acceptors (Lipinski definition) is 7. The van der Waals surface area contributed by atoms with Crippen LogP contribution in [-0.4, -0.2) is 60.4 Å². The number of aromatic nitrogens is 2. The Balaban J connectivity index is 1.46.